The van der Waals surface area contributed by atoms with Crippen LogP contribution >= 0.6 is 0 Å². The maximum absolute atomic E-state index is 12.3. The molecule has 0 aliphatic heterocycles. The average molecular weight is 306 g/mol. The number of methoxy groups -OCH3 is 1. The summed E-state index contributed by atoms with van der Waals surface area (Å²) in [4.78, 5) is 0.112. The van der Waals surface area contributed by atoms with Crippen molar-refractivity contribution in [3.63, 3.8) is 0 Å². The topological polar surface area (TPSA) is 52.6 Å². The van der Waals surface area contributed by atoms with Crippen LogP contribution in [0.3, 0.4) is 0 Å². The number of aryl methyl sites for hydroxylation is 3. The standard InChI is InChI=1S/C16H18O4S/c1-11-5-7-16(12(2)9-11)20-21(17,18)14-6-8-15(19-4)13(3)10-14/h5-10H,1-4H3. The van der Waals surface area contributed by atoms with Crippen LogP contribution < -0.4 is 8.92 Å². The first kappa shape index (κ1) is 15.4. The van der Waals surface area contributed by atoms with Gasteiger partial charge in [0, 0.05) is 0 Å². The van der Waals surface area contributed by atoms with E-state index >= 15 is 0 Å². The van der Waals surface area contributed by atoms with E-state index in [2.05, 4.69) is 0 Å². The highest BCUT2D eigenvalue weighted by atomic mass is 32.2. The van der Waals surface area contributed by atoms with Crippen molar-refractivity contribution in [2.45, 2.75) is 25.7 Å². The summed E-state index contributed by atoms with van der Waals surface area (Å²) in [6.07, 6.45) is 0. The van der Waals surface area contributed by atoms with Gasteiger partial charge >= 0.3 is 10.1 Å². The quantitative estimate of drug-likeness (QED) is 0.813. The van der Waals surface area contributed by atoms with E-state index in [1.165, 1.54) is 12.1 Å². The van der Waals surface area contributed by atoms with Crippen LogP contribution in [-0.2, 0) is 10.1 Å². The van der Waals surface area contributed by atoms with Crippen molar-refractivity contribution >= 4 is 10.1 Å². The van der Waals surface area contributed by atoms with Crippen molar-refractivity contribution in [2.75, 3.05) is 7.11 Å². The van der Waals surface area contributed by atoms with Crippen LogP contribution in [0.1, 0.15) is 16.7 Å². The van der Waals surface area contributed by atoms with E-state index in [0.717, 1.165) is 16.7 Å². The summed E-state index contributed by atoms with van der Waals surface area (Å²) in [5.41, 5.74) is 2.57. The summed E-state index contributed by atoms with van der Waals surface area (Å²) >= 11 is 0. The van der Waals surface area contributed by atoms with Crippen molar-refractivity contribution < 1.29 is 17.3 Å². The monoisotopic (exact) mass is 306 g/mol. The zero-order chi connectivity index (χ0) is 15.6. The maximum Gasteiger partial charge on any atom is 0.339 e. The molecule has 0 saturated heterocycles. The molecule has 0 unspecified atom stereocenters. The molecule has 2 aromatic carbocycles. The lowest BCUT2D eigenvalue weighted by Gasteiger charge is -2.11. The van der Waals surface area contributed by atoms with Crippen LogP contribution in [0.5, 0.6) is 11.5 Å². The first-order valence-electron chi connectivity index (χ1n) is 6.50. The maximum atomic E-state index is 12.3. The predicted molar refractivity (Wildman–Crippen MR) is 81.5 cm³/mol. The summed E-state index contributed by atoms with van der Waals surface area (Å²) in [7, 11) is -2.31. The summed E-state index contributed by atoms with van der Waals surface area (Å²) in [5.74, 6) is 0.981. The Kier molecular flexibility index (Phi) is 4.23. The smallest absolute Gasteiger partial charge is 0.339 e. The number of rotatable bonds is 4. The molecule has 0 N–H and O–H groups in total. The van der Waals surface area contributed by atoms with Gasteiger partial charge < -0.3 is 8.92 Å². The van der Waals surface area contributed by atoms with Crippen molar-refractivity contribution in [1.29, 1.82) is 0 Å². The Morgan fingerprint density at radius 3 is 2.05 bits per heavy atom. The first-order chi connectivity index (χ1) is 9.83. The van der Waals surface area contributed by atoms with Gasteiger partial charge in [0.1, 0.15) is 16.4 Å². The molecule has 5 heteroatoms. The van der Waals surface area contributed by atoms with Gasteiger partial charge in [0.2, 0.25) is 0 Å². The first-order valence-corrected chi connectivity index (χ1v) is 7.90. The molecule has 4 nitrogen and oxygen atoms in total. The molecule has 0 saturated carbocycles. The molecular weight excluding hydrogens is 288 g/mol. The van der Waals surface area contributed by atoms with Gasteiger partial charge in [-0.3, -0.25) is 0 Å². The highest BCUT2D eigenvalue weighted by Gasteiger charge is 2.19. The Morgan fingerprint density at radius 1 is 0.857 bits per heavy atom. The van der Waals surface area contributed by atoms with Crippen LogP contribution in [0.2, 0.25) is 0 Å². The highest BCUT2D eigenvalue weighted by molar-refractivity contribution is 7.87. The van der Waals surface area contributed by atoms with Crippen molar-refractivity contribution in [2.24, 2.45) is 0 Å². The third-order valence-electron chi connectivity index (χ3n) is 3.18. The van der Waals surface area contributed by atoms with Crippen molar-refractivity contribution in [3.05, 3.63) is 53.1 Å². The Hall–Kier alpha value is -2.01. The van der Waals surface area contributed by atoms with Gasteiger partial charge in [-0.15, -0.1) is 0 Å². The molecule has 2 rings (SSSR count). The van der Waals surface area contributed by atoms with Crippen molar-refractivity contribution in [1.82, 2.24) is 0 Å². The Bertz CT molecular complexity index is 764. The fourth-order valence-corrected chi connectivity index (χ4v) is 3.14. The molecule has 0 radical (unpaired) electrons. The molecule has 0 aromatic heterocycles. The lowest BCUT2D eigenvalue weighted by atomic mass is 10.1. The summed E-state index contributed by atoms with van der Waals surface area (Å²) < 4.78 is 35.0. The number of hydrogen-bond acceptors (Lipinski definition) is 4. The third-order valence-corrected chi connectivity index (χ3v) is 4.42. The molecule has 0 atom stereocenters. The fourth-order valence-electron chi connectivity index (χ4n) is 2.07. The van der Waals surface area contributed by atoms with Gasteiger partial charge in [0.25, 0.3) is 0 Å². The summed E-state index contributed by atoms with van der Waals surface area (Å²) in [6, 6.07) is 10.00. The zero-order valence-corrected chi connectivity index (χ0v) is 13.3. The molecule has 0 aliphatic rings. The normalized spacial score (nSPS) is 11.2. The fraction of sp³-hybridized carbons (Fsp3) is 0.250. The van der Waals surface area contributed by atoms with E-state index < -0.39 is 10.1 Å². The second-order valence-electron chi connectivity index (χ2n) is 4.94. The van der Waals surface area contributed by atoms with Gasteiger partial charge in [0.05, 0.1) is 7.11 Å². The lowest BCUT2D eigenvalue weighted by molar-refractivity contribution is 0.411. The highest BCUT2D eigenvalue weighted by Crippen LogP contribution is 2.26. The second kappa shape index (κ2) is 5.77. The lowest BCUT2D eigenvalue weighted by Crippen LogP contribution is -2.11. The minimum atomic E-state index is -3.85. The molecule has 0 heterocycles. The van der Waals surface area contributed by atoms with Gasteiger partial charge in [-0.05, 0) is 56.2 Å². The minimum Gasteiger partial charge on any atom is -0.496 e. The number of hydrogen-bond donors (Lipinski definition) is 0. The van der Waals surface area contributed by atoms with Gasteiger partial charge in [-0.1, -0.05) is 17.7 Å². The van der Waals surface area contributed by atoms with E-state index in [0.29, 0.717) is 11.5 Å². The zero-order valence-electron chi connectivity index (χ0n) is 12.5. The van der Waals surface area contributed by atoms with Crippen LogP contribution in [-0.4, -0.2) is 15.5 Å². The minimum absolute atomic E-state index is 0.112. The molecule has 0 spiro atoms. The van der Waals surface area contributed by atoms with E-state index in [9.17, 15) is 8.42 Å². The number of benzene rings is 2. The Morgan fingerprint density at radius 2 is 1.48 bits per heavy atom. The average Bonchev–Trinajstić information content (AvgIpc) is 2.42. The van der Waals surface area contributed by atoms with Crippen LogP contribution in [0, 0.1) is 20.8 Å². The SMILES string of the molecule is COc1ccc(S(=O)(=O)Oc2ccc(C)cc2C)cc1C. The van der Waals surface area contributed by atoms with E-state index in [1.54, 1.807) is 26.2 Å². The van der Waals surface area contributed by atoms with Crippen LogP contribution in [0.4, 0.5) is 0 Å². The molecule has 21 heavy (non-hydrogen) atoms. The second-order valence-corrected chi connectivity index (χ2v) is 6.48. The van der Waals surface area contributed by atoms with Crippen LogP contribution in [0.25, 0.3) is 0 Å². The van der Waals surface area contributed by atoms with Gasteiger partial charge in [-0.25, -0.2) is 0 Å². The third kappa shape index (κ3) is 3.36. The Labute approximate surface area is 125 Å². The van der Waals surface area contributed by atoms with E-state index in [1.807, 2.05) is 26.0 Å². The Balaban J connectivity index is 2.36. The van der Waals surface area contributed by atoms with E-state index in [4.69, 9.17) is 8.92 Å². The molecule has 2 aromatic rings. The molecule has 0 fully saturated rings. The predicted octanol–water partition coefficient (Wildman–Crippen LogP) is 3.39. The molecule has 0 amide bonds. The molecular formula is C16H18O4S. The molecule has 0 bridgehead atoms. The van der Waals surface area contributed by atoms with Gasteiger partial charge in [-0.2, -0.15) is 8.42 Å². The van der Waals surface area contributed by atoms with E-state index in [-0.39, 0.29) is 4.90 Å². The molecule has 0 aliphatic carbocycles. The van der Waals surface area contributed by atoms with Crippen LogP contribution in [0.15, 0.2) is 41.3 Å². The summed E-state index contributed by atoms with van der Waals surface area (Å²) in [6.45, 7) is 5.55. The molecule has 112 valence electrons. The number of ether oxygens (including phenoxy) is 1. The van der Waals surface area contributed by atoms with Crippen molar-refractivity contribution in [3.8, 4) is 11.5 Å². The summed E-state index contributed by atoms with van der Waals surface area (Å²) in [5, 5.41) is 0. The van der Waals surface area contributed by atoms with Gasteiger partial charge in [0.15, 0.2) is 0 Å². The largest absolute Gasteiger partial charge is 0.496 e.